The van der Waals surface area contributed by atoms with Crippen LogP contribution in [0.15, 0.2) is 30.3 Å². The third-order valence-corrected chi connectivity index (χ3v) is 10.0. The number of piperidine rings is 1. The molecule has 1 aromatic carbocycles. The first-order valence-electron chi connectivity index (χ1n) is 16.4. The van der Waals surface area contributed by atoms with E-state index >= 15 is 0 Å². The van der Waals surface area contributed by atoms with Gasteiger partial charge in [0.05, 0.1) is 17.4 Å². The number of halogens is 3. The predicted molar refractivity (Wildman–Crippen MR) is 176 cm³/mol. The van der Waals surface area contributed by atoms with Crippen LogP contribution in [0.5, 0.6) is 0 Å². The first-order valence-corrected chi connectivity index (χ1v) is 18.1. The van der Waals surface area contributed by atoms with Gasteiger partial charge < -0.3 is 25.5 Å². The van der Waals surface area contributed by atoms with Crippen molar-refractivity contribution in [3.63, 3.8) is 0 Å². The van der Waals surface area contributed by atoms with Gasteiger partial charge in [0.15, 0.2) is 0 Å². The van der Waals surface area contributed by atoms with E-state index in [2.05, 4.69) is 26.7 Å². The number of nitriles is 1. The second kappa shape index (κ2) is 17.4. The summed E-state index contributed by atoms with van der Waals surface area (Å²) in [5.41, 5.74) is 1.47. The zero-order valence-electron chi connectivity index (χ0n) is 27.4. The monoisotopic (exact) mass is 722 g/mol. The molecule has 1 atom stereocenters. The molecule has 0 aliphatic carbocycles. The minimum atomic E-state index is -4.79. The molecule has 0 spiro atoms. The molecule has 3 heterocycles. The lowest BCUT2D eigenvalue weighted by Gasteiger charge is -2.34. The fourth-order valence-electron chi connectivity index (χ4n) is 6.02. The van der Waals surface area contributed by atoms with Crippen LogP contribution >= 0.6 is 0 Å². The molecule has 0 saturated carbocycles. The number of alkyl halides is 3. The molecule has 50 heavy (non-hydrogen) atoms. The number of aliphatic carboxylic acids is 1. The summed E-state index contributed by atoms with van der Waals surface area (Å²) in [5.74, 6) is -3.23. The minimum absolute atomic E-state index is 0.0469. The number of rotatable bonds is 16. The van der Waals surface area contributed by atoms with Gasteiger partial charge in [-0.3, -0.25) is 14.4 Å². The molecule has 4 rings (SSSR count). The summed E-state index contributed by atoms with van der Waals surface area (Å²) in [4.78, 5) is 46.9. The number of anilines is 2. The summed E-state index contributed by atoms with van der Waals surface area (Å²) in [7, 11) is -3.83. The molecule has 14 nitrogen and oxygen atoms in total. The quantitative estimate of drug-likeness (QED) is 0.198. The number of nitrogens with one attached hydrogen (secondary N) is 3. The molecule has 2 aliphatic heterocycles. The summed E-state index contributed by atoms with van der Waals surface area (Å²) in [6.07, 6.45) is -0.412. The molecule has 1 aromatic heterocycles. The number of aromatic nitrogens is 2. The van der Waals surface area contributed by atoms with Gasteiger partial charge in [0.2, 0.25) is 27.7 Å². The molecule has 0 unspecified atom stereocenters. The zero-order valence-corrected chi connectivity index (χ0v) is 28.2. The lowest BCUT2D eigenvalue weighted by Crippen LogP contribution is -2.44. The number of benzene rings is 1. The molecule has 272 valence electrons. The lowest BCUT2D eigenvalue weighted by atomic mass is 9.91. The van der Waals surface area contributed by atoms with E-state index in [0.29, 0.717) is 76.7 Å². The van der Waals surface area contributed by atoms with Crippen molar-refractivity contribution in [2.45, 2.75) is 63.6 Å². The van der Waals surface area contributed by atoms with Crippen LogP contribution in [0.3, 0.4) is 0 Å². The van der Waals surface area contributed by atoms with Gasteiger partial charge in [-0.25, -0.2) is 23.1 Å². The zero-order chi connectivity index (χ0) is 36.3. The molecule has 2 saturated heterocycles. The average Bonchev–Trinajstić information content (AvgIpc) is 3.58. The van der Waals surface area contributed by atoms with Crippen LogP contribution in [-0.2, 0) is 37.0 Å². The lowest BCUT2D eigenvalue weighted by molar-refractivity contribution is -0.144. The highest BCUT2D eigenvalue weighted by Gasteiger charge is 2.39. The second-order valence-electron chi connectivity index (χ2n) is 12.3. The van der Waals surface area contributed by atoms with Gasteiger partial charge in [-0.05, 0) is 68.6 Å². The largest absolute Gasteiger partial charge is 0.480 e. The summed E-state index contributed by atoms with van der Waals surface area (Å²) >= 11 is 0. The van der Waals surface area contributed by atoms with Crippen molar-refractivity contribution in [1.29, 1.82) is 5.26 Å². The third-order valence-electron chi connectivity index (χ3n) is 8.69. The van der Waals surface area contributed by atoms with E-state index in [-0.39, 0.29) is 42.3 Å². The second-order valence-corrected chi connectivity index (χ2v) is 14.2. The van der Waals surface area contributed by atoms with Crippen LogP contribution in [0.2, 0.25) is 0 Å². The van der Waals surface area contributed by atoms with Crippen LogP contribution in [0.4, 0.5) is 24.8 Å². The molecule has 2 aromatic rings. The smallest absolute Gasteiger partial charge is 0.451 e. The number of carboxylic acids is 1. The minimum Gasteiger partial charge on any atom is -0.480 e. The Kier molecular flexibility index (Phi) is 13.4. The SMILES string of the molecule is N#Cc1ccc(CCNC(=O)[C@@H]2CCCN2c2cc(N3CCC(CCCC(=O)NCCS(=O)(=O)NCC(=O)O)CC3)nc(C(F)(F)F)n2)cc1. The van der Waals surface area contributed by atoms with Gasteiger partial charge in [0.1, 0.15) is 24.2 Å². The van der Waals surface area contributed by atoms with Crippen LogP contribution in [0.1, 0.15) is 61.9 Å². The van der Waals surface area contributed by atoms with E-state index in [1.54, 1.807) is 21.9 Å². The highest BCUT2D eigenvalue weighted by atomic mass is 32.2. The number of hydrogen-bond donors (Lipinski definition) is 4. The molecule has 2 amide bonds. The summed E-state index contributed by atoms with van der Waals surface area (Å²) in [6.45, 7) is 0.703. The Labute approximate surface area is 288 Å². The van der Waals surface area contributed by atoms with E-state index in [1.807, 2.05) is 16.9 Å². The summed E-state index contributed by atoms with van der Waals surface area (Å²) < 4.78 is 67.2. The fourth-order valence-corrected chi connectivity index (χ4v) is 6.88. The molecule has 4 N–H and O–H groups in total. The first-order chi connectivity index (χ1) is 23.7. The Morgan fingerprint density at radius 2 is 1.70 bits per heavy atom. The fraction of sp³-hybridized carbons (Fsp3) is 0.562. The van der Waals surface area contributed by atoms with Crippen molar-refractivity contribution in [3.05, 3.63) is 47.3 Å². The molecular weight excluding hydrogens is 681 g/mol. The molecule has 18 heteroatoms. The van der Waals surface area contributed by atoms with Crippen molar-refractivity contribution < 1.29 is 41.1 Å². The van der Waals surface area contributed by atoms with Gasteiger partial charge in [0, 0.05) is 45.2 Å². The van der Waals surface area contributed by atoms with E-state index in [0.717, 1.165) is 5.56 Å². The average molecular weight is 723 g/mol. The topological polar surface area (TPSA) is 198 Å². The molecular formula is C32H41F3N8O6S. The highest BCUT2D eigenvalue weighted by Crippen LogP contribution is 2.34. The van der Waals surface area contributed by atoms with Gasteiger partial charge in [-0.1, -0.05) is 12.1 Å². The van der Waals surface area contributed by atoms with Gasteiger partial charge in [-0.15, -0.1) is 0 Å². The first kappa shape index (κ1) is 38.3. The number of nitrogens with zero attached hydrogens (tertiary/aromatic N) is 5. The number of amides is 2. The molecule has 2 fully saturated rings. The van der Waals surface area contributed by atoms with Crippen molar-refractivity contribution in [2.24, 2.45) is 5.92 Å². The van der Waals surface area contributed by atoms with Gasteiger partial charge in [0.25, 0.3) is 0 Å². The molecule has 0 bridgehead atoms. The normalized spacial score (nSPS) is 17.0. The van der Waals surface area contributed by atoms with Crippen LogP contribution in [0.25, 0.3) is 0 Å². The Balaban J connectivity index is 1.28. The Hall–Kier alpha value is -4.50. The van der Waals surface area contributed by atoms with Crippen LogP contribution < -0.4 is 25.2 Å². The Morgan fingerprint density at radius 3 is 2.36 bits per heavy atom. The maximum atomic E-state index is 14.0. The van der Waals surface area contributed by atoms with Crippen LogP contribution in [-0.4, -0.2) is 92.3 Å². The molecule has 0 radical (unpaired) electrons. The van der Waals surface area contributed by atoms with E-state index in [1.165, 1.54) is 6.07 Å². The molecule has 2 aliphatic rings. The third kappa shape index (κ3) is 11.5. The summed E-state index contributed by atoms with van der Waals surface area (Å²) in [5, 5.41) is 22.9. The van der Waals surface area contributed by atoms with Crippen LogP contribution in [0, 0.1) is 17.2 Å². The Morgan fingerprint density at radius 1 is 1.00 bits per heavy atom. The number of carbonyl (C=O) groups excluding carboxylic acids is 2. The number of sulfonamides is 1. The number of carbonyl (C=O) groups is 3. The number of hydrogen-bond acceptors (Lipinski definition) is 10. The standard InChI is InChI=1S/C32H41F3N8O6S/c33-32(34,35)31-40-26(42-16-11-22(12-17-42)3-1-5-28(44)37-14-18-50(48,49)39-21-29(45)46)19-27(41-31)43-15-2-4-25(43)30(47)38-13-10-23-6-8-24(20-36)9-7-23/h6-9,19,22,25,39H,1-5,10-18,21H2,(H,37,44)(H,38,47)(H,45,46)/t25-/m0/s1. The van der Waals surface area contributed by atoms with Crippen molar-refractivity contribution in [2.75, 3.05) is 54.8 Å². The van der Waals surface area contributed by atoms with Gasteiger partial charge >= 0.3 is 12.1 Å². The maximum Gasteiger partial charge on any atom is 0.451 e. The Bertz CT molecular complexity index is 1640. The van der Waals surface area contributed by atoms with E-state index in [4.69, 9.17) is 10.4 Å². The number of carboxylic acid groups (broad SMARTS) is 1. The predicted octanol–water partition coefficient (Wildman–Crippen LogP) is 2.20. The maximum absolute atomic E-state index is 14.0. The van der Waals surface area contributed by atoms with E-state index < -0.39 is 46.3 Å². The van der Waals surface area contributed by atoms with Crippen molar-refractivity contribution in [3.8, 4) is 6.07 Å². The van der Waals surface area contributed by atoms with E-state index in [9.17, 15) is 36.0 Å². The van der Waals surface area contributed by atoms with Crippen molar-refractivity contribution >= 4 is 39.4 Å². The van der Waals surface area contributed by atoms with Crippen molar-refractivity contribution in [1.82, 2.24) is 25.3 Å². The summed E-state index contributed by atoms with van der Waals surface area (Å²) in [6, 6.07) is 9.90. The highest BCUT2D eigenvalue weighted by molar-refractivity contribution is 7.89. The van der Waals surface area contributed by atoms with Gasteiger partial charge in [-0.2, -0.15) is 18.4 Å².